The molecule has 0 aromatic heterocycles. The van der Waals surface area contributed by atoms with E-state index < -0.39 is 0 Å². The third kappa shape index (κ3) is 5.46. The predicted octanol–water partition coefficient (Wildman–Crippen LogP) is 11.8. The van der Waals surface area contributed by atoms with E-state index in [1.165, 1.54) is 0 Å². The van der Waals surface area contributed by atoms with E-state index in [0.717, 1.165) is 54.2 Å². The molecule has 0 spiro atoms. The second-order valence-corrected chi connectivity index (χ2v) is 11.1. The topological polar surface area (TPSA) is 6.48 Å². The van der Waals surface area contributed by atoms with Crippen molar-refractivity contribution in [3.63, 3.8) is 0 Å². The van der Waals surface area contributed by atoms with Crippen molar-refractivity contribution in [3.05, 3.63) is 167 Å². The fourth-order valence-electron chi connectivity index (χ4n) is 4.90. The Kier molecular flexibility index (Phi) is 7.80. The molecule has 0 radical (unpaired) electrons. The van der Waals surface area contributed by atoms with E-state index in [2.05, 4.69) is 175 Å². The molecule has 0 saturated carbocycles. The van der Waals surface area contributed by atoms with E-state index in [1.54, 1.807) is 0 Å². The molecule has 0 unspecified atom stereocenters. The highest BCUT2D eigenvalue weighted by Gasteiger charge is 2.18. The molecule has 6 aromatic carbocycles. The van der Waals surface area contributed by atoms with Gasteiger partial charge in [0.25, 0.3) is 0 Å². The summed E-state index contributed by atoms with van der Waals surface area (Å²) < 4.78 is 2.04. The van der Waals surface area contributed by atoms with Gasteiger partial charge in [-0.2, -0.15) is 0 Å². The third-order valence-corrected chi connectivity index (χ3v) is 8.04. The maximum Gasteiger partial charge on any atom is 0.0604 e. The van der Waals surface area contributed by atoms with Gasteiger partial charge in [0.1, 0.15) is 0 Å². The number of rotatable bonds is 7. The molecule has 0 fully saturated rings. The molecule has 0 amide bonds. The summed E-state index contributed by atoms with van der Waals surface area (Å²) in [4.78, 5) is 4.54. The monoisotopic (exact) mass is 644 g/mol. The van der Waals surface area contributed by atoms with Gasteiger partial charge in [-0.3, -0.25) is 0 Å². The molecule has 0 atom stereocenters. The van der Waals surface area contributed by atoms with Crippen molar-refractivity contribution in [2.45, 2.75) is 0 Å². The van der Waals surface area contributed by atoms with Gasteiger partial charge in [-0.15, -0.1) is 0 Å². The van der Waals surface area contributed by atoms with Crippen molar-refractivity contribution >= 4 is 66.0 Å². The summed E-state index contributed by atoms with van der Waals surface area (Å²) in [5.74, 6) is 0. The highest BCUT2D eigenvalue weighted by Crippen LogP contribution is 2.43. The number of benzene rings is 6. The smallest absolute Gasteiger partial charge is 0.0604 e. The summed E-state index contributed by atoms with van der Waals surface area (Å²) in [7, 11) is 0. The molecule has 0 heterocycles. The zero-order chi connectivity index (χ0) is 27.3. The van der Waals surface area contributed by atoms with Gasteiger partial charge in [-0.1, -0.05) is 84.9 Å². The normalized spacial score (nSPS) is 10.8. The van der Waals surface area contributed by atoms with Crippen LogP contribution < -0.4 is 9.80 Å². The second-order valence-electron chi connectivity index (χ2n) is 9.35. The molecule has 194 valence electrons. The van der Waals surface area contributed by atoms with E-state index in [1.807, 2.05) is 24.3 Å². The van der Waals surface area contributed by atoms with E-state index in [9.17, 15) is 0 Å². The van der Waals surface area contributed by atoms with Crippen LogP contribution in [0.5, 0.6) is 0 Å². The van der Waals surface area contributed by atoms with Gasteiger partial charge in [0, 0.05) is 31.7 Å². The molecular weight excluding hydrogens is 620 g/mol. The van der Waals surface area contributed by atoms with E-state index in [0.29, 0.717) is 0 Å². The minimum Gasteiger partial charge on any atom is -0.309 e. The fraction of sp³-hybridized carbons (Fsp3) is 0. The Bertz CT molecular complexity index is 1500. The van der Waals surface area contributed by atoms with Gasteiger partial charge < -0.3 is 9.80 Å². The van der Waals surface area contributed by atoms with Gasteiger partial charge in [0.05, 0.1) is 11.4 Å². The zero-order valence-corrected chi connectivity index (χ0v) is 24.8. The molecule has 0 saturated heterocycles. The molecule has 0 aliphatic rings. The maximum absolute atomic E-state index is 3.90. The van der Waals surface area contributed by atoms with Crippen LogP contribution in [0.4, 0.5) is 34.1 Å². The van der Waals surface area contributed by atoms with Crippen LogP contribution in [0.3, 0.4) is 0 Å². The molecule has 4 heteroatoms. The highest BCUT2D eigenvalue weighted by atomic mass is 79.9. The Morgan fingerprint density at radius 1 is 0.325 bits per heavy atom. The van der Waals surface area contributed by atoms with Crippen LogP contribution in [0, 0.1) is 0 Å². The van der Waals surface area contributed by atoms with Crippen LogP contribution in [0.1, 0.15) is 0 Å². The van der Waals surface area contributed by atoms with Crippen molar-refractivity contribution in [2.24, 2.45) is 0 Å². The summed E-state index contributed by atoms with van der Waals surface area (Å²) in [6.07, 6.45) is 0. The number of hydrogen-bond acceptors (Lipinski definition) is 2. The van der Waals surface area contributed by atoms with Crippen molar-refractivity contribution in [1.29, 1.82) is 0 Å². The number of hydrogen-bond donors (Lipinski definition) is 0. The largest absolute Gasteiger partial charge is 0.309 e. The number of para-hydroxylation sites is 4. The zero-order valence-electron chi connectivity index (χ0n) is 21.7. The van der Waals surface area contributed by atoms with Crippen molar-refractivity contribution in [2.75, 3.05) is 9.80 Å². The van der Waals surface area contributed by atoms with E-state index >= 15 is 0 Å². The number of nitrogens with zero attached hydrogens (tertiary/aromatic N) is 2. The summed E-state index contributed by atoms with van der Waals surface area (Å²) in [5, 5.41) is 0. The van der Waals surface area contributed by atoms with Gasteiger partial charge >= 0.3 is 0 Å². The summed E-state index contributed by atoms with van der Waals surface area (Å²) in [6, 6.07) is 54.9. The lowest BCUT2D eigenvalue weighted by Crippen LogP contribution is -2.10. The summed E-state index contributed by atoms with van der Waals surface area (Å²) in [6.45, 7) is 0. The van der Waals surface area contributed by atoms with Crippen molar-refractivity contribution < 1.29 is 0 Å². The van der Waals surface area contributed by atoms with Crippen LogP contribution >= 0.6 is 31.9 Å². The minimum absolute atomic E-state index is 1.02. The van der Waals surface area contributed by atoms with Crippen molar-refractivity contribution in [1.82, 2.24) is 0 Å². The third-order valence-electron chi connectivity index (χ3n) is 6.77. The number of anilines is 6. The Labute approximate surface area is 252 Å². The molecule has 40 heavy (non-hydrogen) atoms. The fourth-order valence-corrected chi connectivity index (χ4v) is 6.01. The molecule has 0 bridgehead atoms. The molecule has 6 aromatic rings. The average Bonchev–Trinajstić information content (AvgIpc) is 3.01. The van der Waals surface area contributed by atoms with Crippen LogP contribution in [0.2, 0.25) is 0 Å². The van der Waals surface area contributed by atoms with E-state index in [4.69, 9.17) is 0 Å². The summed E-state index contributed by atoms with van der Waals surface area (Å²) >= 11 is 7.79. The first-order chi connectivity index (χ1) is 19.7. The number of halogens is 2. The van der Waals surface area contributed by atoms with Crippen molar-refractivity contribution in [3.8, 4) is 11.1 Å². The first kappa shape index (κ1) is 26.1. The lowest BCUT2D eigenvalue weighted by atomic mass is 10.0. The predicted molar refractivity (Wildman–Crippen MR) is 177 cm³/mol. The Morgan fingerprint density at radius 3 is 0.850 bits per heavy atom. The first-order valence-electron chi connectivity index (χ1n) is 13.1. The van der Waals surface area contributed by atoms with Crippen LogP contribution in [-0.2, 0) is 0 Å². The summed E-state index contributed by atoms with van der Waals surface area (Å²) in [5.41, 5.74) is 8.86. The average molecular weight is 646 g/mol. The van der Waals surface area contributed by atoms with Crippen LogP contribution in [0.25, 0.3) is 11.1 Å². The Balaban J connectivity index is 1.38. The minimum atomic E-state index is 1.02. The first-order valence-corrected chi connectivity index (χ1v) is 14.7. The maximum atomic E-state index is 3.90. The quantitative estimate of drug-likeness (QED) is 0.170. The SMILES string of the molecule is Brc1cc(-c2ccc(N(c3ccccc3)c3ccccc3)c(Br)c2)ccc1N(c1ccccc1)c1ccccc1. The molecule has 0 N–H and O–H groups in total. The van der Waals surface area contributed by atoms with Gasteiger partial charge in [0.2, 0.25) is 0 Å². The second kappa shape index (κ2) is 12.0. The van der Waals surface area contributed by atoms with Gasteiger partial charge in [-0.25, -0.2) is 0 Å². The Morgan fingerprint density at radius 2 is 0.600 bits per heavy atom. The van der Waals surface area contributed by atoms with Gasteiger partial charge in [0.15, 0.2) is 0 Å². The highest BCUT2D eigenvalue weighted by molar-refractivity contribution is 9.11. The van der Waals surface area contributed by atoms with E-state index in [-0.39, 0.29) is 0 Å². The van der Waals surface area contributed by atoms with Crippen LogP contribution in [0.15, 0.2) is 167 Å². The standard InChI is InChI=1S/C36H26Br2N2/c37-33-25-27(21-23-35(33)39(29-13-5-1-6-14-29)30-15-7-2-8-16-30)28-22-24-36(34(38)26-28)40(31-17-9-3-10-18-31)32-19-11-4-12-20-32/h1-26H. The molecule has 0 aliphatic heterocycles. The van der Waals surface area contributed by atoms with Crippen LogP contribution in [-0.4, -0.2) is 0 Å². The lowest BCUT2D eigenvalue weighted by molar-refractivity contribution is 1.27. The molecule has 2 nitrogen and oxygen atoms in total. The molecule has 6 rings (SSSR count). The Hall–Kier alpha value is -4.12. The van der Waals surface area contributed by atoms with Gasteiger partial charge in [-0.05, 0) is 116 Å². The molecular formula is C36H26Br2N2. The lowest BCUT2D eigenvalue weighted by Gasteiger charge is -2.27. The molecule has 0 aliphatic carbocycles.